The lowest BCUT2D eigenvalue weighted by Crippen LogP contribution is -2.54. The predicted molar refractivity (Wildman–Crippen MR) is 97.2 cm³/mol. The summed E-state index contributed by atoms with van der Waals surface area (Å²) in [6.45, 7) is 7.82. The molecule has 1 fully saturated rings. The van der Waals surface area contributed by atoms with Crippen molar-refractivity contribution in [2.24, 2.45) is 5.92 Å². The molecule has 2 nitrogen and oxygen atoms in total. The molecule has 3 rings (SSSR count). The molecule has 0 spiro atoms. The van der Waals surface area contributed by atoms with Crippen LogP contribution in [0.15, 0.2) is 29.8 Å². The number of ether oxygens (including phenoxy) is 1. The van der Waals surface area contributed by atoms with E-state index in [0.717, 1.165) is 18.2 Å². The molecule has 1 saturated carbocycles. The number of hydrogen-bond donors (Lipinski definition) is 1. The topological polar surface area (TPSA) is 21.3 Å². The third-order valence-corrected chi connectivity index (χ3v) is 5.94. The van der Waals surface area contributed by atoms with Crippen LogP contribution in [0.25, 0.3) is 0 Å². The van der Waals surface area contributed by atoms with E-state index in [4.69, 9.17) is 4.74 Å². The molecule has 0 aromatic heterocycles. The molecule has 0 aliphatic heterocycles. The van der Waals surface area contributed by atoms with Gasteiger partial charge in [-0.1, -0.05) is 37.5 Å². The van der Waals surface area contributed by atoms with Gasteiger partial charge in [0.1, 0.15) is 5.75 Å². The van der Waals surface area contributed by atoms with Gasteiger partial charge < -0.3 is 10.1 Å². The van der Waals surface area contributed by atoms with Crippen molar-refractivity contribution in [2.75, 3.05) is 13.7 Å². The zero-order chi connectivity index (χ0) is 16.4. The first-order valence-corrected chi connectivity index (χ1v) is 9.09. The minimum atomic E-state index is 0.221. The third-order valence-electron chi connectivity index (χ3n) is 5.94. The lowest BCUT2D eigenvalue weighted by molar-refractivity contribution is 0.214. The van der Waals surface area contributed by atoms with Crippen LogP contribution in [0.3, 0.4) is 0 Å². The van der Waals surface area contributed by atoms with Gasteiger partial charge in [-0.15, -0.1) is 0 Å². The van der Waals surface area contributed by atoms with Crippen LogP contribution >= 0.6 is 0 Å². The Hall–Kier alpha value is -1.28. The zero-order valence-electron chi connectivity index (χ0n) is 15.1. The first-order chi connectivity index (χ1) is 11.0. The number of methoxy groups -OCH3 is 1. The second-order valence-corrected chi connectivity index (χ2v) is 7.82. The van der Waals surface area contributed by atoms with E-state index in [9.17, 15) is 0 Å². The highest BCUT2D eigenvalue weighted by Crippen LogP contribution is 2.48. The molecule has 0 saturated heterocycles. The first-order valence-electron chi connectivity index (χ1n) is 9.09. The predicted octanol–water partition coefficient (Wildman–Crippen LogP) is 4.62. The quantitative estimate of drug-likeness (QED) is 0.819. The van der Waals surface area contributed by atoms with Crippen LogP contribution in [0.4, 0.5) is 0 Å². The molecule has 1 aromatic rings. The third kappa shape index (κ3) is 3.19. The van der Waals surface area contributed by atoms with Crippen molar-refractivity contribution >= 4 is 0 Å². The maximum Gasteiger partial charge on any atom is 0.119 e. The van der Waals surface area contributed by atoms with E-state index < -0.39 is 0 Å². The van der Waals surface area contributed by atoms with Crippen LogP contribution in [-0.2, 0) is 11.8 Å². The summed E-state index contributed by atoms with van der Waals surface area (Å²) < 4.78 is 5.51. The highest BCUT2D eigenvalue weighted by Gasteiger charge is 2.46. The number of hydrogen-bond acceptors (Lipinski definition) is 2. The molecule has 3 atom stereocenters. The lowest BCUT2D eigenvalue weighted by atomic mass is 9.62. The van der Waals surface area contributed by atoms with Crippen LogP contribution in [0, 0.1) is 5.92 Å². The van der Waals surface area contributed by atoms with Crippen LogP contribution in [-0.4, -0.2) is 19.7 Å². The molecule has 2 aliphatic rings. The van der Waals surface area contributed by atoms with Crippen LogP contribution in [0.2, 0.25) is 0 Å². The van der Waals surface area contributed by atoms with Crippen molar-refractivity contribution in [1.29, 1.82) is 0 Å². The van der Waals surface area contributed by atoms with Gasteiger partial charge in [-0.05, 0) is 62.3 Å². The van der Waals surface area contributed by atoms with E-state index in [1.54, 1.807) is 12.7 Å². The summed E-state index contributed by atoms with van der Waals surface area (Å²) in [4.78, 5) is 0. The molecule has 2 aliphatic carbocycles. The second kappa shape index (κ2) is 6.68. The molecule has 0 amide bonds. The first kappa shape index (κ1) is 16.6. The van der Waals surface area contributed by atoms with Gasteiger partial charge in [-0.25, -0.2) is 0 Å². The van der Waals surface area contributed by atoms with Gasteiger partial charge in [0.15, 0.2) is 0 Å². The van der Waals surface area contributed by atoms with Crippen LogP contribution in [0.5, 0.6) is 5.75 Å². The highest BCUT2D eigenvalue weighted by atomic mass is 16.5. The Kier molecular flexibility index (Phi) is 4.82. The summed E-state index contributed by atoms with van der Waals surface area (Å²) in [5.41, 5.74) is 4.67. The van der Waals surface area contributed by atoms with Crippen molar-refractivity contribution in [3.63, 3.8) is 0 Å². The van der Waals surface area contributed by atoms with Gasteiger partial charge in [0, 0.05) is 18.0 Å². The number of allylic oxidation sites excluding steroid dienone is 1. The SMILES string of the molecule is COc1ccc2c(c1)C1(C)CCCCC(C2)C1NCC=C(C)C. The molecule has 126 valence electrons. The Morgan fingerprint density at radius 3 is 2.91 bits per heavy atom. The van der Waals surface area contributed by atoms with E-state index in [1.165, 1.54) is 43.2 Å². The molecule has 23 heavy (non-hydrogen) atoms. The Morgan fingerprint density at radius 2 is 2.17 bits per heavy atom. The van der Waals surface area contributed by atoms with E-state index in [-0.39, 0.29) is 5.41 Å². The van der Waals surface area contributed by atoms with Crippen molar-refractivity contribution < 1.29 is 4.74 Å². The molecule has 2 heteroatoms. The number of fused-ring (bicyclic) bond motifs is 4. The number of nitrogens with one attached hydrogen (secondary N) is 1. The molecule has 2 bridgehead atoms. The maximum absolute atomic E-state index is 5.51. The smallest absolute Gasteiger partial charge is 0.119 e. The van der Waals surface area contributed by atoms with Crippen molar-refractivity contribution in [3.05, 3.63) is 41.0 Å². The molecule has 1 aromatic carbocycles. The molecular formula is C21H31NO. The largest absolute Gasteiger partial charge is 0.497 e. The van der Waals surface area contributed by atoms with Gasteiger partial charge in [-0.2, -0.15) is 0 Å². The van der Waals surface area contributed by atoms with Crippen molar-refractivity contribution in [1.82, 2.24) is 5.32 Å². The van der Waals surface area contributed by atoms with E-state index in [0.29, 0.717) is 6.04 Å². The van der Waals surface area contributed by atoms with Gasteiger partial charge in [0.2, 0.25) is 0 Å². The Morgan fingerprint density at radius 1 is 1.35 bits per heavy atom. The van der Waals surface area contributed by atoms with E-state index >= 15 is 0 Å². The van der Waals surface area contributed by atoms with Crippen molar-refractivity contribution in [2.45, 2.75) is 64.3 Å². The fourth-order valence-corrected chi connectivity index (χ4v) is 4.72. The minimum Gasteiger partial charge on any atom is -0.497 e. The zero-order valence-corrected chi connectivity index (χ0v) is 15.1. The molecule has 0 heterocycles. The maximum atomic E-state index is 5.51. The number of rotatable bonds is 4. The normalized spacial score (nSPS) is 29.4. The van der Waals surface area contributed by atoms with E-state index in [1.807, 2.05) is 0 Å². The summed E-state index contributed by atoms with van der Waals surface area (Å²) in [6.07, 6.45) is 8.86. The van der Waals surface area contributed by atoms with Gasteiger partial charge in [-0.3, -0.25) is 0 Å². The summed E-state index contributed by atoms with van der Waals surface area (Å²) in [5.74, 6) is 1.75. The fraction of sp³-hybridized carbons (Fsp3) is 0.619. The Bertz CT molecular complexity index is 588. The minimum absolute atomic E-state index is 0.221. The molecule has 3 unspecified atom stereocenters. The Balaban J connectivity index is 1.97. The van der Waals surface area contributed by atoms with Gasteiger partial charge in [0.25, 0.3) is 0 Å². The summed E-state index contributed by atoms with van der Waals surface area (Å²) >= 11 is 0. The second-order valence-electron chi connectivity index (χ2n) is 7.82. The monoisotopic (exact) mass is 313 g/mol. The summed E-state index contributed by atoms with van der Waals surface area (Å²) in [6, 6.07) is 7.30. The Labute approximate surface area is 141 Å². The van der Waals surface area contributed by atoms with Crippen LogP contribution in [0.1, 0.15) is 57.6 Å². The average molecular weight is 313 g/mol. The van der Waals surface area contributed by atoms with E-state index in [2.05, 4.69) is 50.4 Å². The molecule has 0 radical (unpaired) electrons. The van der Waals surface area contributed by atoms with Gasteiger partial charge in [0.05, 0.1) is 7.11 Å². The van der Waals surface area contributed by atoms with Crippen LogP contribution < -0.4 is 10.1 Å². The highest BCUT2D eigenvalue weighted by molar-refractivity contribution is 5.44. The fourth-order valence-electron chi connectivity index (χ4n) is 4.72. The average Bonchev–Trinajstić information content (AvgIpc) is 2.64. The number of benzene rings is 1. The summed E-state index contributed by atoms with van der Waals surface area (Å²) in [5, 5.41) is 3.90. The summed E-state index contributed by atoms with van der Waals surface area (Å²) in [7, 11) is 1.77. The van der Waals surface area contributed by atoms with Crippen molar-refractivity contribution in [3.8, 4) is 5.75 Å². The standard InChI is InChI=1S/C21H31NO/c1-15(2)10-12-22-20-17-7-5-6-11-21(20,3)19-14-18(23-4)9-8-16(19)13-17/h8-10,14,17,20,22H,5-7,11-13H2,1-4H3. The molecular weight excluding hydrogens is 282 g/mol. The van der Waals surface area contributed by atoms with Gasteiger partial charge >= 0.3 is 0 Å². The molecule has 1 N–H and O–H groups in total. The lowest BCUT2D eigenvalue weighted by Gasteiger charge is -2.46.